The molecule has 0 unspecified atom stereocenters. The maximum Gasteiger partial charge on any atom is 0.329 e. The smallest absolute Gasteiger partial charge is 0.329 e. The molecular formula is C7H13NO4. The Hall–Kier alpha value is -1.36. The quantitative estimate of drug-likeness (QED) is 0.498. The van der Waals surface area contributed by atoms with Crippen molar-refractivity contribution in [2.75, 3.05) is 13.2 Å². The van der Waals surface area contributed by atoms with Crippen LogP contribution in [-0.2, 0) is 9.59 Å². The minimum atomic E-state index is -1.19. The molecule has 0 aliphatic rings. The lowest BCUT2D eigenvalue weighted by Gasteiger charge is -1.90. The van der Waals surface area contributed by atoms with E-state index in [1.165, 1.54) is 6.08 Å². The summed E-state index contributed by atoms with van der Waals surface area (Å²) in [5.41, 5.74) is 0. The largest absolute Gasteiger partial charge is 0.480 e. The van der Waals surface area contributed by atoms with E-state index in [0.29, 0.717) is 6.54 Å². The fraction of sp³-hybridized carbons (Fsp3) is 0.429. The van der Waals surface area contributed by atoms with Crippen molar-refractivity contribution < 1.29 is 19.8 Å². The van der Waals surface area contributed by atoms with Gasteiger partial charge in [-0.05, 0) is 13.0 Å². The lowest BCUT2D eigenvalue weighted by molar-refractivity contribution is -0.140. The number of carbonyl (C=O) groups is 2. The summed E-state index contributed by atoms with van der Waals surface area (Å²) in [7, 11) is 0. The number of rotatable bonds is 3. The molecule has 70 valence electrons. The van der Waals surface area contributed by atoms with Crippen molar-refractivity contribution in [1.82, 2.24) is 5.32 Å². The zero-order chi connectivity index (χ0) is 9.98. The standard InChI is InChI=1S/C5H9NO.C2H4O3/c1-3-5(7)6-4-2;3-1-2(4)5/h3H,1,4H2,2H3,(H,6,7);3H,1H2,(H,4,5). The first-order valence-electron chi connectivity index (χ1n) is 3.31. The Balaban J connectivity index is 0. The Labute approximate surface area is 70.7 Å². The number of carboxylic acid groups (broad SMARTS) is 1. The van der Waals surface area contributed by atoms with Crippen LogP contribution in [0.25, 0.3) is 0 Å². The highest BCUT2D eigenvalue weighted by Crippen LogP contribution is 1.61. The third kappa shape index (κ3) is 15.9. The molecule has 0 spiro atoms. The number of aliphatic hydroxyl groups excluding tert-OH is 1. The van der Waals surface area contributed by atoms with Crippen molar-refractivity contribution in [2.24, 2.45) is 0 Å². The Morgan fingerprint density at radius 1 is 1.58 bits per heavy atom. The van der Waals surface area contributed by atoms with Crippen molar-refractivity contribution in [1.29, 1.82) is 0 Å². The third-order valence-electron chi connectivity index (χ3n) is 0.672. The van der Waals surface area contributed by atoms with Gasteiger partial charge in [0.1, 0.15) is 6.61 Å². The first kappa shape index (κ1) is 13.2. The number of likely N-dealkylation sites (N-methyl/N-ethyl adjacent to an activating group) is 1. The van der Waals surface area contributed by atoms with Crippen molar-refractivity contribution in [3.63, 3.8) is 0 Å². The molecule has 0 fully saturated rings. The van der Waals surface area contributed by atoms with Crippen LogP contribution in [0, 0.1) is 0 Å². The van der Waals surface area contributed by atoms with E-state index in [1.54, 1.807) is 0 Å². The maximum absolute atomic E-state index is 10.2. The van der Waals surface area contributed by atoms with E-state index in [-0.39, 0.29) is 5.91 Å². The van der Waals surface area contributed by atoms with Gasteiger partial charge in [-0.3, -0.25) is 4.79 Å². The van der Waals surface area contributed by atoms with Gasteiger partial charge < -0.3 is 15.5 Å². The summed E-state index contributed by atoms with van der Waals surface area (Å²) in [6, 6.07) is 0. The monoisotopic (exact) mass is 175 g/mol. The van der Waals surface area contributed by atoms with Gasteiger partial charge in [0.15, 0.2) is 0 Å². The molecule has 0 aromatic heterocycles. The van der Waals surface area contributed by atoms with Gasteiger partial charge in [-0.2, -0.15) is 0 Å². The number of carbonyl (C=O) groups excluding carboxylic acids is 1. The number of nitrogens with one attached hydrogen (secondary N) is 1. The summed E-state index contributed by atoms with van der Waals surface area (Å²) < 4.78 is 0. The summed E-state index contributed by atoms with van der Waals surface area (Å²) in [4.78, 5) is 19.3. The number of hydrogen-bond acceptors (Lipinski definition) is 3. The molecule has 0 saturated heterocycles. The summed E-state index contributed by atoms with van der Waals surface area (Å²) >= 11 is 0. The van der Waals surface area contributed by atoms with Crippen LogP contribution in [0.1, 0.15) is 6.92 Å². The first-order chi connectivity index (χ1) is 5.58. The molecule has 0 heterocycles. The molecule has 0 aliphatic heterocycles. The van der Waals surface area contributed by atoms with E-state index in [2.05, 4.69) is 11.9 Å². The number of aliphatic hydroxyl groups is 1. The van der Waals surface area contributed by atoms with Gasteiger partial charge in [-0.15, -0.1) is 0 Å². The van der Waals surface area contributed by atoms with Crippen LogP contribution in [0.15, 0.2) is 12.7 Å². The molecule has 0 saturated carbocycles. The molecule has 0 aromatic carbocycles. The summed E-state index contributed by atoms with van der Waals surface area (Å²) in [5, 5.41) is 17.6. The highest BCUT2D eigenvalue weighted by Gasteiger charge is 1.83. The molecule has 0 aromatic rings. The normalized spacial score (nSPS) is 7.50. The van der Waals surface area contributed by atoms with E-state index in [9.17, 15) is 4.79 Å². The highest BCUT2D eigenvalue weighted by atomic mass is 16.4. The lowest BCUT2D eigenvalue weighted by Crippen LogP contribution is -2.19. The van der Waals surface area contributed by atoms with Crippen LogP contribution in [0.3, 0.4) is 0 Å². The highest BCUT2D eigenvalue weighted by molar-refractivity contribution is 5.86. The van der Waals surface area contributed by atoms with Gasteiger partial charge in [-0.1, -0.05) is 6.58 Å². The molecule has 0 rings (SSSR count). The van der Waals surface area contributed by atoms with E-state index in [0.717, 1.165) is 0 Å². The van der Waals surface area contributed by atoms with Gasteiger partial charge in [0.2, 0.25) is 5.91 Å². The minimum Gasteiger partial charge on any atom is -0.480 e. The van der Waals surface area contributed by atoms with Crippen LogP contribution >= 0.6 is 0 Å². The Kier molecular flexibility index (Phi) is 10.6. The van der Waals surface area contributed by atoms with E-state index in [4.69, 9.17) is 15.0 Å². The van der Waals surface area contributed by atoms with Gasteiger partial charge in [0.05, 0.1) is 0 Å². The Bertz CT molecular complexity index is 155. The molecule has 3 N–H and O–H groups in total. The SMILES string of the molecule is C=CC(=O)NCC.O=C(O)CO. The fourth-order valence-corrected chi connectivity index (χ4v) is 0.246. The Morgan fingerprint density at radius 2 is 2.00 bits per heavy atom. The molecule has 0 atom stereocenters. The lowest BCUT2D eigenvalue weighted by atomic mass is 10.6. The molecule has 1 amide bonds. The average Bonchev–Trinajstić information content (AvgIpc) is 2.06. The van der Waals surface area contributed by atoms with Crippen molar-refractivity contribution in [3.05, 3.63) is 12.7 Å². The molecule has 0 bridgehead atoms. The number of carboxylic acids is 1. The van der Waals surface area contributed by atoms with E-state index in [1.807, 2.05) is 6.92 Å². The van der Waals surface area contributed by atoms with Gasteiger partial charge >= 0.3 is 5.97 Å². The molecule has 0 aliphatic carbocycles. The number of aliphatic carboxylic acids is 1. The van der Waals surface area contributed by atoms with Crippen LogP contribution in [-0.4, -0.2) is 35.2 Å². The zero-order valence-electron chi connectivity index (χ0n) is 6.91. The summed E-state index contributed by atoms with van der Waals surface area (Å²) in [5.74, 6) is -1.30. The minimum absolute atomic E-state index is 0.109. The number of amides is 1. The van der Waals surface area contributed by atoms with Crippen LogP contribution < -0.4 is 5.32 Å². The second-order valence-electron chi connectivity index (χ2n) is 1.65. The maximum atomic E-state index is 10.2. The zero-order valence-corrected chi connectivity index (χ0v) is 6.91. The van der Waals surface area contributed by atoms with E-state index >= 15 is 0 Å². The second kappa shape index (κ2) is 9.64. The number of hydrogen-bond donors (Lipinski definition) is 3. The van der Waals surface area contributed by atoms with Crippen LogP contribution in [0.4, 0.5) is 0 Å². The van der Waals surface area contributed by atoms with Gasteiger partial charge in [0.25, 0.3) is 0 Å². The predicted octanol–water partition coefficient (Wildman–Crippen LogP) is -0.628. The Morgan fingerprint density at radius 3 is 2.08 bits per heavy atom. The molecule has 5 heteroatoms. The molecule has 5 nitrogen and oxygen atoms in total. The van der Waals surface area contributed by atoms with Crippen LogP contribution in [0.5, 0.6) is 0 Å². The predicted molar refractivity (Wildman–Crippen MR) is 43.6 cm³/mol. The molecular weight excluding hydrogens is 162 g/mol. The van der Waals surface area contributed by atoms with Crippen molar-refractivity contribution in [3.8, 4) is 0 Å². The van der Waals surface area contributed by atoms with Gasteiger partial charge in [-0.25, -0.2) is 4.79 Å². The fourth-order valence-electron chi connectivity index (χ4n) is 0.246. The summed E-state index contributed by atoms with van der Waals surface area (Å²) in [6.45, 7) is 5.02. The topological polar surface area (TPSA) is 86.6 Å². The molecule has 0 radical (unpaired) electrons. The van der Waals surface area contributed by atoms with Crippen molar-refractivity contribution >= 4 is 11.9 Å². The van der Waals surface area contributed by atoms with E-state index < -0.39 is 12.6 Å². The average molecular weight is 175 g/mol. The molecule has 12 heavy (non-hydrogen) atoms. The first-order valence-corrected chi connectivity index (χ1v) is 3.31. The third-order valence-corrected chi connectivity index (χ3v) is 0.672. The second-order valence-corrected chi connectivity index (χ2v) is 1.65. The van der Waals surface area contributed by atoms with Gasteiger partial charge in [0, 0.05) is 6.54 Å². The summed E-state index contributed by atoms with van der Waals surface area (Å²) in [6.07, 6.45) is 1.25. The van der Waals surface area contributed by atoms with Crippen molar-refractivity contribution in [2.45, 2.75) is 6.92 Å². The van der Waals surface area contributed by atoms with Crippen LogP contribution in [0.2, 0.25) is 0 Å².